The summed E-state index contributed by atoms with van der Waals surface area (Å²) in [7, 11) is 0. The van der Waals surface area contributed by atoms with E-state index in [0.717, 1.165) is 6.42 Å². The second kappa shape index (κ2) is 4.84. The van der Waals surface area contributed by atoms with Gasteiger partial charge in [0.15, 0.2) is 0 Å². The molecule has 1 aliphatic rings. The number of hydrogen-bond donors (Lipinski definition) is 1. The molecular formula is C13H17FN2O. The topological polar surface area (TPSA) is 46.3 Å². The zero-order valence-electron chi connectivity index (χ0n) is 9.90. The predicted octanol–water partition coefficient (Wildman–Crippen LogP) is 1.63. The molecule has 2 atom stereocenters. The van der Waals surface area contributed by atoms with Crippen LogP contribution in [-0.2, 0) is 0 Å². The van der Waals surface area contributed by atoms with E-state index in [0.29, 0.717) is 19.0 Å². The summed E-state index contributed by atoms with van der Waals surface area (Å²) in [6.07, 6.45) is 0.899. The molecule has 0 saturated carbocycles. The quantitative estimate of drug-likeness (QED) is 0.848. The van der Waals surface area contributed by atoms with Crippen LogP contribution in [0.5, 0.6) is 0 Å². The molecule has 4 heteroatoms. The van der Waals surface area contributed by atoms with Crippen molar-refractivity contribution in [2.24, 2.45) is 11.7 Å². The number of rotatable bonds is 2. The number of nitrogens with two attached hydrogens (primary N) is 1. The summed E-state index contributed by atoms with van der Waals surface area (Å²) >= 11 is 0. The van der Waals surface area contributed by atoms with Gasteiger partial charge in [-0.2, -0.15) is 0 Å². The summed E-state index contributed by atoms with van der Waals surface area (Å²) in [4.78, 5) is 13.9. The van der Waals surface area contributed by atoms with E-state index in [9.17, 15) is 9.18 Å². The molecule has 1 aromatic rings. The van der Waals surface area contributed by atoms with Crippen LogP contribution in [0.2, 0.25) is 0 Å². The number of carbonyl (C=O) groups is 1. The van der Waals surface area contributed by atoms with Crippen molar-refractivity contribution in [3.8, 4) is 0 Å². The Balaban J connectivity index is 2.19. The van der Waals surface area contributed by atoms with Gasteiger partial charge in [0.1, 0.15) is 5.82 Å². The summed E-state index contributed by atoms with van der Waals surface area (Å²) in [6, 6.07) is 6.24. The van der Waals surface area contributed by atoms with Gasteiger partial charge in [0.2, 0.25) is 0 Å². The standard InChI is InChI=1S/C13H17FN2O/c1-9-6-10(7-15)8-16(9)13(17)11-4-2-3-5-12(11)14/h2-5,9-10H,6-8,15H2,1H3. The van der Waals surface area contributed by atoms with Crippen molar-refractivity contribution in [2.45, 2.75) is 19.4 Å². The summed E-state index contributed by atoms with van der Waals surface area (Å²) in [5, 5.41) is 0. The molecule has 1 amide bonds. The van der Waals surface area contributed by atoms with E-state index in [2.05, 4.69) is 0 Å². The van der Waals surface area contributed by atoms with Crippen molar-refractivity contribution >= 4 is 5.91 Å². The van der Waals surface area contributed by atoms with Crippen molar-refractivity contribution in [1.82, 2.24) is 4.90 Å². The molecule has 0 aromatic heterocycles. The van der Waals surface area contributed by atoms with E-state index < -0.39 is 5.82 Å². The fourth-order valence-electron chi connectivity index (χ4n) is 2.39. The molecule has 2 rings (SSSR count). The average Bonchev–Trinajstić information content (AvgIpc) is 2.70. The molecule has 3 nitrogen and oxygen atoms in total. The first-order valence-corrected chi connectivity index (χ1v) is 5.89. The lowest BCUT2D eigenvalue weighted by Gasteiger charge is -2.21. The van der Waals surface area contributed by atoms with Crippen LogP contribution in [0.1, 0.15) is 23.7 Å². The Hall–Kier alpha value is -1.42. The van der Waals surface area contributed by atoms with Gasteiger partial charge in [-0.05, 0) is 37.9 Å². The van der Waals surface area contributed by atoms with Gasteiger partial charge < -0.3 is 10.6 Å². The second-order valence-corrected chi connectivity index (χ2v) is 4.62. The normalized spacial score (nSPS) is 24.1. The highest BCUT2D eigenvalue weighted by molar-refractivity contribution is 5.94. The first-order valence-electron chi connectivity index (χ1n) is 5.89. The molecule has 0 radical (unpaired) electrons. The van der Waals surface area contributed by atoms with Crippen LogP contribution < -0.4 is 5.73 Å². The van der Waals surface area contributed by atoms with E-state index in [1.807, 2.05) is 6.92 Å². The zero-order valence-corrected chi connectivity index (χ0v) is 9.90. The highest BCUT2D eigenvalue weighted by Crippen LogP contribution is 2.24. The molecule has 2 unspecified atom stereocenters. The van der Waals surface area contributed by atoms with Gasteiger partial charge in [0, 0.05) is 12.6 Å². The van der Waals surface area contributed by atoms with Gasteiger partial charge in [-0.3, -0.25) is 4.79 Å². The first-order chi connectivity index (χ1) is 8.13. The Morgan fingerprint density at radius 2 is 2.24 bits per heavy atom. The van der Waals surface area contributed by atoms with E-state index >= 15 is 0 Å². The largest absolute Gasteiger partial charge is 0.336 e. The minimum absolute atomic E-state index is 0.135. The lowest BCUT2D eigenvalue weighted by atomic mass is 10.1. The lowest BCUT2D eigenvalue weighted by molar-refractivity contribution is 0.0738. The molecular weight excluding hydrogens is 219 g/mol. The van der Waals surface area contributed by atoms with Crippen LogP contribution in [0.15, 0.2) is 24.3 Å². The van der Waals surface area contributed by atoms with Crippen molar-refractivity contribution in [3.63, 3.8) is 0 Å². The van der Waals surface area contributed by atoms with Gasteiger partial charge in [-0.1, -0.05) is 12.1 Å². The Kier molecular flexibility index (Phi) is 3.43. The number of amides is 1. The maximum absolute atomic E-state index is 13.5. The average molecular weight is 236 g/mol. The maximum Gasteiger partial charge on any atom is 0.257 e. The third kappa shape index (κ3) is 2.31. The fourth-order valence-corrected chi connectivity index (χ4v) is 2.39. The summed E-state index contributed by atoms with van der Waals surface area (Å²) < 4.78 is 13.5. The maximum atomic E-state index is 13.5. The first kappa shape index (κ1) is 12.0. The van der Waals surface area contributed by atoms with Gasteiger partial charge in [-0.25, -0.2) is 4.39 Å². The van der Waals surface area contributed by atoms with E-state index in [1.165, 1.54) is 12.1 Å². The van der Waals surface area contributed by atoms with Crippen molar-refractivity contribution in [1.29, 1.82) is 0 Å². The van der Waals surface area contributed by atoms with Crippen molar-refractivity contribution in [2.75, 3.05) is 13.1 Å². The highest BCUT2D eigenvalue weighted by Gasteiger charge is 2.32. The molecule has 0 aliphatic carbocycles. The molecule has 1 heterocycles. The molecule has 1 fully saturated rings. The molecule has 1 aromatic carbocycles. The van der Waals surface area contributed by atoms with Gasteiger partial charge >= 0.3 is 0 Å². The molecule has 17 heavy (non-hydrogen) atoms. The SMILES string of the molecule is CC1CC(CN)CN1C(=O)c1ccccc1F. The predicted molar refractivity (Wildman–Crippen MR) is 64.1 cm³/mol. The van der Waals surface area contributed by atoms with Crippen LogP contribution in [0.3, 0.4) is 0 Å². The molecule has 1 saturated heterocycles. The number of hydrogen-bond acceptors (Lipinski definition) is 2. The Morgan fingerprint density at radius 1 is 1.53 bits per heavy atom. The fraction of sp³-hybridized carbons (Fsp3) is 0.462. The minimum Gasteiger partial charge on any atom is -0.336 e. The Labute approximate surface area is 100 Å². The Morgan fingerprint density at radius 3 is 2.82 bits per heavy atom. The monoisotopic (exact) mass is 236 g/mol. The lowest BCUT2D eigenvalue weighted by Crippen LogP contribution is -2.34. The van der Waals surface area contributed by atoms with Gasteiger partial charge in [-0.15, -0.1) is 0 Å². The van der Waals surface area contributed by atoms with Gasteiger partial charge in [0.05, 0.1) is 5.56 Å². The molecule has 92 valence electrons. The number of nitrogens with zero attached hydrogens (tertiary/aromatic N) is 1. The van der Waals surface area contributed by atoms with Gasteiger partial charge in [0.25, 0.3) is 5.91 Å². The summed E-state index contributed by atoms with van der Waals surface area (Å²) in [5.41, 5.74) is 5.76. The third-order valence-electron chi connectivity index (χ3n) is 3.36. The third-order valence-corrected chi connectivity index (χ3v) is 3.36. The zero-order chi connectivity index (χ0) is 12.4. The minimum atomic E-state index is -0.458. The van der Waals surface area contributed by atoms with Crippen molar-refractivity contribution in [3.05, 3.63) is 35.6 Å². The smallest absolute Gasteiger partial charge is 0.257 e. The second-order valence-electron chi connectivity index (χ2n) is 4.62. The molecule has 0 spiro atoms. The van der Waals surface area contributed by atoms with E-state index in [1.54, 1.807) is 17.0 Å². The van der Waals surface area contributed by atoms with E-state index in [-0.39, 0.29) is 17.5 Å². The van der Waals surface area contributed by atoms with Crippen molar-refractivity contribution < 1.29 is 9.18 Å². The van der Waals surface area contributed by atoms with Crippen LogP contribution in [-0.4, -0.2) is 29.9 Å². The highest BCUT2D eigenvalue weighted by atomic mass is 19.1. The molecule has 0 bridgehead atoms. The van der Waals surface area contributed by atoms with Crippen LogP contribution in [0, 0.1) is 11.7 Å². The molecule has 1 aliphatic heterocycles. The van der Waals surface area contributed by atoms with E-state index in [4.69, 9.17) is 5.73 Å². The molecule has 2 N–H and O–H groups in total. The number of benzene rings is 1. The summed E-state index contributed by atoms with van der Waals surface area (Å²) in [5.74, 6) is -0.354. The summed E-state index contributed by atoms with van der Waals surface area (Å²) in [6.45, 7) is 3.19. The van der Waals surface area contributed by atoms with Crippen LogP contribution in [0.25, 0.3) is 0 Å². The van der Waals surface area contributed by atoms with Crippen LogP contribution >= 0.6 is 0 Å². The Bertz CT molecular complexity index is 422. The van der Waals surface area contributed by atoms with Crippen LogP contribution in [0.4, 0.5) is 4.39 Å². The number of likely N-dealkylation sites (tertiary alicyclic amines) is 1. The number of carbonyl (C=O) groups excluding carboxylic acids is 1. The number of halogens is 1.